The van der Waals surface area contributed by atoms with Gasteiger partial charge in [0.25, 0.3) is 0 Å². The predicted molar refractivity (Wildman–Crippen MR) is 127 cm³/mol. The van der Waals surface area contributed by atoms with E-state index in [2.05, 4.69) is 22.4 Å². The zero-order valence-corrected chi connectivity index (χ0v) is 19.9. The highest BCUT2D eigenvalue weighted by Crippen LogP contribution is 2.38. The van der Waals surface area contributed by atoms with Gasteiger partial charge in [-0.25, -0.2) is 0 Å². The minimum absolute atomic E-state index is 0.105. The fourth-order valence-corrected chi connectivity index (χ4v) is 5.37. The molecule has 0 unspecified atom stereocenters. The topological polar surface area (TPSA) is 88.8 Å². The maximum absolute atomic E-state index is 13.2. The average Bonchev–Trinajstić information content (AvgIpc) is 3.57. The van der Waals surface area contributed by atoms with Crippen LogP contribution in [0.15, 0.2) is 18.2 Å². The van der Waals surface area contributed by atoms with Gasteiger partial charge in [0.2, 0.25) is 5.91 Å². The van der Waals surface area contributed by atoms with Crippen LogP contribution in [0.1, 0.15) is 54.1 Å². The summed E-state index contributed by atoms with van der Waals surface area (Å²) in [5.41, 5.74) is 3.58. The van der Waals surface area contributed by atoms with Crippen LogP contribution in [0.2, 0.25) is 0 Å². The number of fused-ring (bicyclic) bond motifs is 1. The molecule has 180 valence electrons. The number of hydrogen-bond donors (Lipinski definition) is 1. The summed E-state index contributed by atoms with van der Waals surface area (Å²) in [6.45, 7) is 7.60. The van der Waals surface area contributed by atoms with Crippen molar-refractivity contribution in [1.82, 2.24) is 9.47 Å². The SMILES string of the molecule is Cc1c(C#N)c(NC(=O)CN2CCC[C@H]2c2ccc3c(c2)OCCO3)n(C[C@@H]2CCCO2)c1C. The highest BCUT2D eigenvalue weighted by atomic mass is 16.6. The van der Waals surface area contributed by atoms with E-state index in [1.807, 2.05) is 30.5 Å². The summed E-state index contributed by atoms with van der Waals surface area (Å²) in [4.78, 5) is 15.4. The molecule has 1 aromatic carbocycles. The number of nitrogens with zero attached hydrogens (tertiary/aromatic N) is 3. The van der Waals surface area contributed by atoms with E-state index in [4.69, 9.17) is 14.2 Å². The Balaban J connectivity index is 1.32. The maximum atomic E-state index is 13.2. The molecule has 1 aromatic heterocycles. The molecule has 2 fully saturated rings. The number of anilines is 1. The summed E-state index contributed by atoms with van der Waals surface area (Å²) >= 11 is 0. The fourth-order valence-electron chi connectivity index (χ4n) is 5.37. The smallest absolute Gasteiger partial charge is 0.239 e. The van der Waals surface area contributed by atoms with E-state index < -0.39 is 0 Å². The zero-order chi connectivity index (χ0) is 23.7. The number of nitrogens with one attached hydrogen (secondary N) is 1. The number of benzene rings is 1. The van der Waals surface area contributed by atoms with Crippen molar-refractivity contribution in [1.29, 1.82) is 5.26 Å². The van der Waals surface area contributed by atoms with Gasteiger partial charge in [-0.2, -0.15) is 5.26 Å². The Bertz CT molecular complexity index is 1110. The lowest BCUT2D eigenvalue weighted by Crippen LogP contribution is -2.34. The Morgan fingerprint density at radius 1 is 1.15 bits per heavy atom. The standard InChI is InChI=1S/C26H32N4O4/c1-17-18(2)30(15-20-5-4-10-32-20)26(21(17)14-27)28-25(31)16-29-9-3-6-22(29)19-7-8-23-24(13-19)34-12-11-33-23/h7-8,13,20,22H,3-6,9-12,15-16H2,1-2H3,(H,28,31)/t20-,22-/m0/s1. The van der Waals surface area contributed by atoms with Crippen molar-refractivity contribution < 1.29 is 19.0 Å². The first-order valence-electron chi connectivity index (χ1n) is 12.2. The third-order valence-corrected chi connectivity index (χ3v) is 7.27. The van der Waals surface area contributed by atoms with Crippen molar-refractivity contribution in [2.75, 3.05) is 38.2 Å². The van der Waals surface area contributed by atoms with Crippen LogP contribution in [0, 0.1) is 25.2 Å². The van der Waals surface area contributed by atoms with E-state index in [0.717, 1.165) is 67.2 Å². The Morgan fingerprint density at radius 2 is 1.97 bits per heavy atom. The van der Waals surface area contributed by atoms with E-state index in [1.54, 1.807) is 0 Å². The van der Waals surface area contributed by atoms with Gasteiger partial charge >= 0.3 is 0 Å². The van der Waals surface area contributed by atoms with Gasteiger partial charge in [-0.3, -0.25) is 9.69 Å². The van der Waals surface area contributed by atoms with Gasteiger partial charge in [-0.15, -0.1) is 0 Å². The first-order valence-corrected chi connectivity index (χ1v) is 12.2. The number of nitriles is 1. The Hall–Kier alpha value is -3.02. The largest absolute Gasteiger partial charge is 0.486 e. The van der Waals surface area contributed by atoms with Crippen LogP contribution in [-0.2, 0) is 16.1 Å². The van der Waals surface area contributed by atoms with Crippen molar-refractivity contribution in [3.8, 4) is 17.6 Å². The number of amides is 1. The molecule has 0 saturated carbocycles. The number of likely N-dealkylation sites (tertiary alicyclic amines) is 1. The predicted octanol–water partition coefficient (Wildman–Crippen LogP) is 3.70. The van der Waals surface area contributed by atoms with Gasteiger partial charge in [-0.1, -0.05) is 6.07 Å². The minimum atomic E-state index is -0.105. The van der Waals surface area contributed by atoms with Crippen LogP contribution in [-0.4, -0.2) is 54.4 Å². The molecule has 2 atom stereocenters. The van der Waals surface area contributed by atoms with Gasteiger partial charge in [0, 0.05) is 18.3 Å². The Morgan fingerprint density at radius 3 is 2.74 bits per heavy atom. The number of hydrogen-bond acceptors (Lipinski definition) is 6. The zero-order valence-electron chi connectivity index (χ0n) is 19.9. The number of rotatable bonds is 6. The quantitative estimate of drug-likeness (QED) is 0.701. The van der Waals surface area contributed by atoms with Crippen molar-refractivity contribution in [3.63, 3.8) is 0 Å². The number of ether oxygens (including phenoxy) is 3. The highest BCUT2D eigenvalue weighted by Gasteiger charge is 2.30. The molecule has 3 aliphatic heterocycles. The highest BCUT2D eigenvalue weighted by molar-refractivity contribution is 5.93. The molecule has 2 saturated heterocycles. The summed E-state index contributed by atoms with van der Waals surface area (Å²) in [5, 5.41) is 12.9. The first-order chi connectivity index (χ1) is 16.5. The third kappa shape index (κ3) is 4.38. The lowest BCUT2D eigenvalue weighted by atomic mass is 10.0. The fraction of sp³-hybridized carbons (Fsp3) is 0.538. The lowest BCUT2D eigenvalue weighted by Gasteiger charge is -2.26. The maximum Gasteiger partial charge on any atom is 0.239 e. The molecular formula is C26H32N4O4. The summed E-state index contributed by atoms with van der Waals surface area (Å²) in [5.74, 6) is 2.04. The molecular weight excluding hydrogens is 432 g/mol. The van der Waals surface area contributed by atoms with E-state index in [-0.39, 0.29) is 24.6 Å². The van der Waals surface area contributed by atoms with E-state index in [9.17, 15) is 10.1 Å². The van der Waals surface area contributed by atoms with Crippen molar-refractivity contribution in [2.24, 2.45) is 0 Å². The van der Waals surface area contributed by atoms with Crippen LogP contribution in [0.3, 0.4) is 0 Å². The van der Waals surface area contributed by atoms with Crippen LogP contribution < -0.4 is 14.8 Å². The molecule has 8 nitrogen and oxygen atoms in total. The Labute approximate surface area is 200 Å². The van der Waals surface area contributed by atoms with Crippen molar-refractivity contribution in [3.05, 3.63) is 40.6 Å². The summed E-state index contributed by atoms with van der Waals surface area (Å²) in [7, 11) is 0. The van der Waals surface area contributed by atoms with Crippen molar-refractivity contribution in [2.45, 2.75) is 58.2 Å². The third-order valence-electron chi connectivity index (χ3n) is 7.27. The van der Waals surface area contributed by atoms with Crippen LogP contribution in [0.4, 0.5) is 5.82 Å². The molecule has 1 N–H and O–H groups in total. The second kappa shape index (κ2) is 9.69. The van der Waals surface area contributed by atoms with Gasteiger partial charge in [0.05, 0.1) is 24.8 Å². The molecule has 3 aliphatic rings. The molecule has 0 aliphatic carbocycles. The molecule has 5 rings (SSSR count). The van der Waals surface area contributed by atoms with Gasteiger partial charge in [-0.05, 0) is 69.3 Å². The molecule has 1 amide bonds. The monoisotopic (exact) mass is 464 g/mol. The minimum Gasteiger partial charge on any atom is -0.486 e. The molecule has 8 heteroatoms. The summed E-state index contributed by atoms with van der Waals surface area (Å²) < 4.78 is 19.3. The molecule has 2 aromatic rings. The van der Waals surface area contributed by atoms with E-state index in [1.165, 1.54) is 0 Å². The molecule has 0 radical (unpaired) electrons. The van der Waals surface area contributed by atoms with Crippen LogP contribution in [0.25, 0.3) is 0 Å². The van der Waals surface area contributed by atoms with Crippen LogP contribution in [0.5, 0.6) is 11.5 Å². The summed E-state index contributed by atoms with van der Waals surface area (Å²) in [6, 6.07) is 8.53. The van der Waals surface area contributed by atoms with Gasteiger partial charge < -0.3 is 24.1 Å². The molecule has 0 bridgehead atoms. The normalized spacial score (nSPS) is 22.0. The molecule has 4 heterocycles. The van der Waals surface area contributed by atoms with Crippen molar-refractivity contribution >= 4 is 11.7 Å². The van der Waals surface area contributed by atoms with Gasteiger partial charge in [0.15, 0.2) is 11.5 Å². The Kier molecular flexibility index (Phi) is 6.48. The number of carbonyl (C=O) groups is 1. The number of carbonyl (C=O) groups excluding carboxylic acids is 1. The summed E-state index contributed by atoms with van der Waals surface area (Å²) in [6.07, 6.45) is 4.18. The first kappa shape index (κ1) is 22.8. The number of aromatic nitrogens is 1. The average molecular weight is 465 g/mol. The van der Waals surface area contributed by atoms with E-state index >= 15 is 0 Å². The second-order valence-corrected chi connectivity index (χ2v) is 9.37. The van der Waals surface area contributed by atoms with E-state index in [0.29, 0.717) is 31.1 Å². The molecule has 0 spiro atoms. The second-order valence-electron chi connectivity index (χ2n) is 9.37. The van der Waals surface area contributed by atoms with Crippen LogP contribution >= 0.6 is 0 Å². The molecule has 34 heavy (non-hydrogen) atoms. The lowest BCUT2D eigenvalue weighted by molar-refractivity contribution is -0.117. The van der Waals surface area contributed by atoms with Gasteiger partial charge in [0.1, 0.15) is 25.1 Å².